The molecule has 0 spiro atoms. The highest BCUT2D eigenvalue weighted by molar-refractivity contribution is 5.81. The lowest BCUT2D eigenvalue weighted by Crippen LogP contribution is -2.46. The number of ether oxygens (including phenoxy) is 2. The Labute approximate surface area is 173 Å². The van der Waals surface area contributed by atoms with E-state index in [1.807, 2.05) is 20.8 Å². The summed E-state index contributed by atoms with van der Waals surface area (Å²) in [6, 6.07) is -0.637. The lowest BCUT2D eigenvalue weighted by molar-refractivity contribution is -0.147. The largest absolute Gasteiger partial charge is 0.464 e. The van der Waals surface area contributed by atoms with Gasteiger partial charge in [-0.25, -0.2) is 9.59 Å². The van der Waals surface area contributed by atoms with E-state index in [4.69, 9.17) is 9.47 Å². The predicted molar refractivity (Wildman–Crippen MR) is 115 cm³/mol. The van der Waals surface area contributed by atoms with Crippen molar-refractivity contribution in [1.82, 2.24) is 5.32 Å². The van der Waals surface area contributed by atoms with Gasteiger partial charge in [0.25, 0.3) is 0 Å². The summed E-state index contributed by atoms with van der Waals surface area (Å²) in [5.41, 5.74) is 0. The van der Waals surface area contributed by atoms with Gasteiger partial charge in [0, 0.05) is 0 Å². The van der Waals surface area contributed by atoms with Crippen molar-refractivity contribution < 1.29 is 19.1 Å². The molecular weight excluding hydrogens is 354 g/mol. The van der Waals surface area contributed by atoms with Crippen molar-refractivity contribution in [2.75, 3.05) is 13.2 Å². The van der Waals surface area contributed by atoms with E-state index in [9.17, 15) is 9.59 Å². The van der Waals surface area contributed by atoms with Crippen LogP contribution in [0.15, 0.2) is 0 Å². The Kier molecular flexibility index (Phi) is 18.2. The SMILES string of the molecule is CCCCCCCCCCCCCOC(=O)C(NC(=O)OCCC)C(C)CC. The zero-order valence-electron chi connectivity index (χ0n) is 18.9. The fraction of sp³-hybridized carbons (Fsp3) is 0.913. The second-order valence-electron chi connectivity index (χ2n) is 7.85. The van der Waals surface area contributed by atoms with Crippen molar-refractivity contribution in [3.8, 4) is 0 Å². The van der Waals surface area contributed by atoms with E-state index in [1.165, 1.54) is 57.8 Å². The molecule has 0 aromatic carbocycles. The lowest BCUT2D eigenvalue weighted by atomic mass is 9.99. The van der Waals surface area contributed by atoms with Gasteiger partial charge in [-0.1, -0.05) is 98.3 Å². The van der Waals surface area contributed by atoms with Crippen molar-refractivity contribution in [2.45, 2.75) is 117 Å². The van der Waals surface area contributed by atoms with Crippen LogP contribution < -0.4 is 5.32 Å². The number of amides is 1. The Hall–Kier alpha value is -1.26. The van der Waals surface area contributed by atoms with E-state index in [-0.39, 0.29) is 11.9 Å². The highest BCUT2D eigenvalue weighted by atomic mass is 16.6. The third-order valence-corrected chi connectivity index (χ3v) is 5.17. The maximum atomic E-state index is 12.3. The minimum atomic E-state index is -0.637. The lowest BCUT2D eigenvalue weighted by Gasteiger charge is -2.22. The minimum Gasteiger partial charge on any atom is -0.464 e. The number of esters is 1. The summed E-state index contributed by atoms with van der Waals surface area (Å²) >= 11 is 0. The van der Waals surface area contributed by atoms with Gasteiger partial charge in [-0.3, -0.25) is 0 Å². The van der Waals surface area contributed by atoms with E-state index in [0.717, 1.165) is 25.7 Å². The highest BCUT2D eigenvalue weighted by Crippen LogP contribution is 2.13. The first-order valence-corrected chi connectivity index (χ1v) is 11.7. The molecule has 0 bridgehead atoms. The molecule has 28 heavy (non-hydrogen) atoms. The normalized spacial score (nSPS) is 13.0. The summed E-state index contributed by atoms with van der Waals surface area (Å²) in [5.74, 6) is -0.339. The van der Waals surface area contributed by atoms with E-state index in [2.05, 4.69) is 12.2 Å². The molecule has 0 saturated carbocycles. The number of hydrogen-bond donors (Lipinski definition) is 1. The Bertz CT molecular complexity index is 387. The van der Waals surface area contributed by atoms with Gasteiger partial charge in [-0.15, -0.1) is 0 Å². The summed E-state index contributed by atoms with van der Waals surface area (Å²) in [7, 11) is 0. The average Bonchev–Trinajstić information content (AvgIpc) is 2.70. The van der Waals surface area contributed by atoms with Gasteiger partial charge in [-0.2, -0.15) is 0 Å². The molecule has 1 amide bonds. The maximum absolute atomic E-state index is 12.3. The number of unbranched alkanes of at least 4 members (excludes halogenated alkanes) is 10. The van der Waals surface area contributed by atoms with Gasteiger partial charge < -0.3 is 14.8 Å². The van der Waals surface area contributed by atoms with Gasteiger partial charge in [0.15, 0.2) is 0 Å². The van der Waals surface area contributed by atoms with Crippen LogP contribution in [0.5, 0.6) is 0 Å². The number of carbonyl (C=O) groups excluding carboxylic acids is 2. The molecule has 0 aromatic heterocycles. The first-order valence-electron chi connectivity index (χ1n) is 11.7. The molecule has 0 radical (unpaired) electrons. The predicted octanol–water partition coefficient (Wildman–Crippen LogP) is 6.39. The Morgan fingerprint density at radius 3 is 1.75 bits per heavy atom. The average molecular weight is 400 g/mol. The van der Waals surface area contributed by atoms with E-state index >= 15 is 0 Å². The zero-order valence-corrected chi connectivity index (χ0v) is 18.9. The van der Waals surface area contributed by atoms with E-state index < -0.39 is 12.1 Å². The van der Waals surface area contributed by atoms with Crippen LogP contribution in [-0.2, 0) is 14.3 Å². The molecule has 166 valence electrons. The first-order chi connectivity index (χ1) is 13.6. The molecule has 1 N–H and O–H groups in total. The molecule has 2 unspecified atom stereocenters. The second-order valence-corrected chi connectivity index (χ2v) is 7.85. The topological polar surface area (TPSA) is 64.6 Å². The van der Waals surface area contributed by atoms with Crippen LogP contribution in [0.4, 0.5) is 4.79 Å². The smallest absolute Gasteiger partial charge is 0.407 e. The maximum Gasteiger partial charge on any atom is 0.407 e. The van der Waals surface area contributed by atoms with Crippen molar-refractivity contribution in [3.63, 3.8) is 0 Å². The second kappa shape index (κ2) is 19.1. The van der Waals surface area contributed by atoms with Gasteiger partial charge in [0.2, 0.25) is 0 Å². The van der Waals surface area contributed by atoms with Gasteiger partial charge >= 0.3 is 12.1 Å². The van der Waals surface area contributed by atoms with Crippen molar-refractivity contribution in [3.05, 3.63) is 0 Å². The van der Waals surface area contributed by atoms with Crippen molar-refractivity contribution in [2.24, 2.45) is 5.92 Å². The van der Waals surface area contributed by atoms with Crippen molar-refractivity contribution >= 4 is 12.1 Å². The zero-order chi connectivity index (χ0) is 21.0. The quantitative estimate of drug-likeness (QED) is 0.214. The Morgan fingerprint density at radius 2 is 1.25 bits per heavy atom. The number of alkyl carbamates (subject to hydrolysis) is 1. The molecule has 0 aliphatic carbocycles. The Balaban J connectivity index is 3.83. The molecule has 0 fully saturated rings. The summed E-state index contributed by atoms with van der Waals surface area (Å²) in [4.78, 5) is 24.1. The monoisotopic (exact) mass is 399 g/mol. The summed E-state index contributed by atoms with van der Waals surface area (Å²) in [5, 5.41) is 2.66. The number of nitrogens with one attached hydrogen (secondary N) is 1. The van der Waals surface area contributed by atoms with E-state index in [1.54, 1.807) is 0 Å². The third kappa shape index (κ3) is 14.8. The van der Waals surface area contributed by atoms with Crippen LogP contribution >= 0.6 is 0 Å². The van der Waals surface area contributed by atoms with Crippen LogP contribution in [-0.4, -0.2) is 31.3 Å². The standard InChI is InChI=1S/C23H45NO4/c1-5-8-9-10-11-12-13-14-15-16-17-19-27-22(25)21(20(4)7-3)24-23(26)28-18-6-2/h20-21H,5-19H2,1-4H3,(H,24,26). The molecule has 5 heteroatoms. The molecular formula is C23H45NO4. The molecule has 0 heterocycles. The number of hydrogen-bond acceptors (Lipinski definition) is 4. The summed E-state index contributed by atoms with van der Waals surface area (Å²) in [6.45, 7) is 8.89. The van der Waals surface area contributed by atoms with Crippen LogP contribution in [0.1, 0.15) is 111 Å². The molecule has 0 saturated heterocycles. The van der Waals surface area contributed by atoms with Crippen LogP contribution in [0.25, 0.3) is 0 Å². The third-order valence-electron chi connectivity index (χ3n) is 5.17. The fourth-order valence-electron chi connectivity index (χ4n) is 3.06. The van der Waals surface area contributed by atoms with Gasteiger partial charge in [0.1, 0.15) is 6.04 Å². The number of rotatable bonds is 18. The molecule has 0 aliphatic rings. The van der Waals surface area contributed by atoms with Crippen LogP contribution in [0.3, 0.4) is 0 Å². The van der Waals surface area contributed by atoms with Crippen molar-refractivity contribution in [1.29, 1.82) is 0 Å². The number of carbonyl (C=O) groups is 2. The van der Waals surface area contributed by atoms with Gasteiger partial charge in [-0.05, 0) is 18.8 Å². The minimum absolute atomic E-state index is 0.0130. The molecule has 2 atom stereocenters. The Morgan fingerprint density at radius 1 is 0.714 bits per heavy atom. The molecule has 0 aliphatic heterocycles. The molecule has 0 aromatic rings. The van der Waals surface area contributed by atoms with Gasteiger partial charge in [0.05, 0.1) is 13.2 Å². The highest BCUT2D eigenvalue weighted by Gasteiger charge is 2.27. The summed E-state index contributed by atoms with van der Waals surface area (Å²) < 4.78 is 10.4. The van der Waals surface area contributed by atoms with Crippen LogP contribution in [0.2, 0.25) is 0 Å². The van der Waals surface area contributed by atoms with E-state index in [0.29, 0.717) is 13.2 Å². The molecule has 0 rings (SSSR count). The molecule has 5 nitrogen and oxygen atoms in total. The fourth-order valence-corrected chi connectivity index (χ4v) is 3.06. The first kappa shape index (κ1) is 26.7. The van der Waals surface area contributed by atoms with Crippen LogP contribution in [0, 0.1) is 5.92 Å². The summed E-state index contributed by atoms with van der Waals surface area (Å²) in [6.07, 6.45) is 14.9.